The van der Waals surface area contributed by atoms with E-state index in [1.807, 2.05) is 19.1 Å². The van der Waals surface area contributed by atoms with Crippen molar-refractivity contribution in [2.75, 3.05) is 5.32 Å². The van der Waals surface area contributed by atoms with Crippen LogP contribution in [0, 0.1) is 18.3 Å². The monoisotopic (exact) mass is 407 g/mol. The molecule has 0 saturated carbocycles. The SMILES string of the molecule is Cc1cccc(S(=O)(=O)C2NCc3[nH]nc(NC(=O)c4ccc(C#N)cc4)c32)c1. The Morgan fingerprint density at radius 1 is 1.24 bits per heavy atom. The Hall–Kier alpha value is -3.48. The van der Waals surface area contributed by atoms with Crippen LogP contribution in [0.2, 0.25) is 0 Å². The lowest BCUT2D eigenvalue weighted by molar-refractivity contribution is 0.102. The molecule has 0 aliphatic carbocycles. The van der Waals surface area contributed by atoms with E-state index >= 15 is 0 Å². The van der Waals surface area contributed by atoms with Gasteiger partial charge in [-0.1, -0.05) is 12.1 Å². The molecule has 0 spiro atoms. The van der Waals surface area contributed by atoms with E-state index in [0.717, 1.165) is 5.56 Å². The lowest BCUT2D eigenvalue weighted by atomic mass is 10.1. The van der Waals surface area contributed by atoms with Crippen molar-refractivity contribution in [3.63, 3.8) is 0 Å². The number of rotatable bonds is 4. The fraction of sp³-hybridized carbons (Fsp3) is 0.150. The van der Waals surface area contributed by atoms with Crippen molar-refractivity contribution < 1.29 is 13.2 Å². The number of aryl methyl sites for hydroxylation is 1. The molecule has 1 aliphatic heterocycles. The smallest absolute Gasteiger partial charge is 0.256 e. The maximum atomic E-state index is 13.2. The van der Waals surface area contributed by atoms with Crippen molar-refractivity contribution in [3.05, 3.63) is 76.5 Å². The van der Waals surface area contributed by atoms with E-state index in [1.54, 1.807) is 18.2 Å². The highest BCUT2D eigenvalue weighted by Crippen LogP contribution is 2.37. The molecule has 1 aromatic heterocycles. The first-order valence-electron chi connectivity index (χ1n) is 8.83. The molecule has 146 valence electrons. The predicted octanol–water partition coefficient (Wildman–Crippen LogP) is 2.42. The molecule has 8 nitrogen and oxygen atoms in total. The Kier molecular flexibility index (Phi) is 4.66. The summed E-state index contributed by atoms with van der Waals surface area (Å²) in [6, 6.07) is 14.8. The predicted molar refractivity (Wildman–Crippen MR) is 106 cm³/mol. The highest BCUT2D eigenvalue weighted by molar-refractivity contribution is 7.91. The lowest BCUT2D eigenvalue weighted by Gasteiger charge is -2.15. The van der Waals surface area contributed by atoms with Gasteiger partial charge < -0.3 is 5.32 Å². The first-order chi connectivity index (χ1) is 13.9. The first-order valence-corrected chi connectivity index (χ1v) is 10.4. The highest BCUT2D eigenvalue weighted by Gasteiger charge is 2.39. The Morgan fingerprint density at radius 2 is 2.00 bits per heavy atom. The summed E-state index contributed by atoms with van der Waals surface area (Å²) in [5.41, 5.74) is 2.64. The molecule has 4 rings (SSSR count). The van der Waals surface area contributed by atoms with Crippen LogP contribution in [0.15, 0.2) is 53.4 Å². The van der Waals surface area contributed by atoms with E-state index in [4.69, 9.17) is 5.26 Å². The minimum absolute atomic E-state index is 0.167. The molecule has 1 unspecified atom stereocenters. The second-order valence-corrected chi connectivity index (χ2v) is 8.76. The molecular weight excluding hydrogens is 390 g/mol. The summed E-state index contributed by atoms with van der Waals surface area (Å²) < 4.78 is 26.4. The fourth-order valence-corrected chi connectivity index (χ4v) is 5.02. The zero-order chi connectivity index (χ0) is 20.6. The molecule has 0 saturated heterocycles. The van der Waals surface area contributed by atoms with Crippen molar-refractivity contribution >= 4 is 21.6 Å². The molecule has 2 heterocycles. The number of carbonyl (C=O) groups is 1. The molecule has 3 N–H and O–H groups in total. The Morgan fingerprint density at radius 3 is 2.69 bits per heavy atom. The molecular formula is C20H17N5O3S. The number of H-pyrrole nitrogens is 1. The third kappa shape index (κ3) is 3.40. The Labute approximate surface area is 167 Å². The summed E-state index contributed by atoms with van der Waals surface area (Å²) in [6.07, 6.45) is 0. The first kappa shape index (κ1) is 18.9. The average Bonchev–Trinajstić information content (AvgIpc) is 3.31. The van der Waals surface area contributed by atoms with E-state index in [0.29, 0.717) is 28.9 Å². The molecule has 9 heteroatoms. The van der Waals surface area contributed by atoms with Crippen LogP contribution < -0.4 is 10.6 Å². The van der Waals surface area contributed by atoms with E-state index in [-0.39, 0.29) is 10.7 Å². The van der Waals surface area contributed by atoms with Gasteiger partial charge in [0, 0.05) is 12.1 Å². The number of hydrogen-bond donors (Lipinski definition) is 3. The van der Waals surface area contributed by atoms with Crippen LogP contribution in [0.25, 0.3) is 0 Å². The van der Waals surface area contributed by atoms with Crippen LogP contribution >= 0.6 is 0 Å². The van der Waals surface area contributed by atoms with Crippen molar-refractivity contribution in [1.82, 2.24) is 15.5 Å². The number of anilines is 1. The summed E-state index contributed by atoms with van der Waals surface area (Å²) in [7, 11) is -3.73. The molecule has 0 bridgehead atoms. The largest absolute Gasteiger partial charge is 0.305 e. The number of nitrogens with one attached hydrogen (secondary N) is 3. The summed E-state index contributed by atoms with van der Waals surface area (Å²) in [6.45, 7) is 2.12. The molecule has 1 aliphatic rings. The maximum absolute atomic E-state index is 13.2. The van der Waals surface area contributed by atoms with Gasteiger partial charge in [0.25, 0.3) is 5.91 Å². The van der Waals surface area contributed by atoms with Crippen LogP contribution in [0.4, 0.5) is 5.82 Å². The number of aromatic amines is 1. The van der Waals surface area contributed by atoms with Gasteiger partial charge in [-0.15, -0.1) is 0 Å². The van der Waals surface area contributed by atoms with Crippen molar-refractivity contribution in [1.29, 1.82) is 5.26 Å². The van der Waals surface area contributed by atoms with Gasteiger partial charge >= 0.3 is 0 Å². The summed E-state index contributed by atoms with van der Waals surface area (Å²) >= 11 is 0. The minimum Gasteiger partial charge on any atom is -0.305 e. The molecule has 29 heavy (non-hydrogen) atoms. The van der Waals surface area contributed by atoms with Crippen LogP contribution in [-0.4, -0.2) is 24.5 Å². The van der Waals surface area contributed by atoms with Crippen molar-refractivity contribution in [3.8, 4) is 6.07 Å². The zero-order valence-corrected chi connectivity index (χ0v) is 16.2. The van der Waals surface area contributed by atoms with Gasteiger partial charge in [-0.05, 0) is 48.9 Å². The van der Waals surface area contributed by atoms with E-state index in [2.05, 4.69) is 20.8 Å². The number of benzene rings is 2. The maximum Gasteiger partial charge on any atom is 0.256 e. The van der Waals surface area contributed by atoms with Crippen LogP contribution in [0.5, 0.6) is 0 Å². The second-order valence-electron chi connectivity index (χ2n) is 6.73. The summed E-state index contributed by atoms with van der Waals surface area (Å²) in [4.78, 5) is 12.8. The van der Waals surface area contributed by atoms with Gasteiger partial charge in [-0.2, -0.15) is 10.4 Å². The number of hydrogen-bond acceptors (Lipinski definition) is 6. The zero-order valence-electron chi connectivity index (χ0n) is 15.4. The standard InChI is InChI=1S/C20H17N5O3S/c1-12-3-2-4-15(9-12)29(27,28)20-17-16(11-22-20)24-25-18(17)23-19(26)14-7-5-13(10-21)6-8-14/h2-9,20,22H,11H2,1H3,(H2,23,24,25,26). The lowest BCUT2D eigenvalue weighted by Crippen LogP contribution is -2.24. The van der Waals surface area contributed by atoms with Crippen molar-refractivity contribution in [2.24, 2.45) is 0 Å². The highest BCUT2D eigenvalue weighted by atomic mass is 32.2. The van der Waals surface area contributed by atoms with E-state index < -0.39 is 21.1 Å². The van der Waals surface area contributed by atoms with Gasteiger partial charge in [-0.3, -0.25) is 15.2 Å². The molecule has 3 aromatic rings. The third-order valence-corrected chi connectivity index (χ3v) is 6.68. The molecule has 2 aromatic carbocycles. The minimum atomic E-state index is -3.73. The quantitative estimate of drug-likeness (QED) is 0.609. The molecule has 1 atom stereocenters. The fourth-order valence-electron chi connectivity index (χ4n) is 3.27. The number of fused-ring (bicyclic) bond motifs is 1. The van der Waals surface area contributed by atoms with Gasteiger partial charge in [0.2, 0.25) is 0 Å². The van der Waals surface area contributed by atoms with Gasteiger partial charge in [0.15, 0.2) is 15.7 Å². The topological polar surface area (TPSA) is 128 Å². The number of aromatic nitrogens is 2. The van der Waals surface area contributed by atoms with Gasteiger partial charge in [0.1, 0.15) is 5.37 Å². The van der Waals surface area contributed by atoms with Crippen LogP contribution in [0.1, 0.15) is 38.1 Å². The number of sulfone groups is 1. The van der Waals surface area contributed by atoms with Gasteiger partial charge in [-0.25, -0.2) is 8.42 Å². The third-order valence-electron chi connectivity index (χ3n) is 4.75. The summed E-state index contributed by atoms with van der Waals surface area (Å²) in [5, 5.41) is 20.4. The summed E-state index contributed by atoms with van der Waals surface area (Å²) in [5.74, 6) is -0.275. The number of carbonyl (C=O) groups excluding carboxylic acids is 1. The average molecular weight is 407 g/mol. The molecule has 0 fully saturated rings. The van der Waals surface area contributed by atoms with E-state index in [9.17, 15) is 13.2 Å². The normalized spacial score (nSPS) is 15.5. The Balaban J connectivity index is 1.65. The molecule has 0 radical (unpaired) electrons. The molecule has 1 amide bonds. The van der Waals surface area contributed by atoms with E-state index in [1.165, 1.54) is 24.3 Å². The number of nitriles is 1. The van der Waals surface area contributed by atoms with Crippen molar-refractivity contribution in [2.45, 2.75) is 23.7 Å². The van der Waals surface area contributed by atoms with Gasteiger partial charge in [0.05, 0.1) is 27.8 Å². The van der Waals surface area contributed by atoms with Crippen LogP contribution in [-0.2, 0) is 16.4 Å². The number of nitrogens with zero attached hydrogens (tertiary/aromatic N) is 2. The Bertz CT molecular complexity index is 1240. The second kappa shape index (κ2) is 7.16. The number of amides is 1. The van der Waals surface area contributed by atoms with Crippen LogP contribution in [0.3, 0.4) is 0 Å².